The van der Waals surface area contributed by atoms with Crippen LogP contribution >= 0.6 is 24.0 Å². The Morgan fingerprint density at radius 1 is 1.29 bits per heavy atom. The van der Waals surface area contributed by atoms with Crippen molar-refractivity contribution in [3.8, 4) is 0 Å². The fourth-order valence-electron chi connectivity index (χ4n) is 0. The molecule has 0 radical (unpaired) electrons. The Kier molecular flexibility index (Phi) is 14.1. The van der Waals surface area contributed by atoms with Gasteiger partial charge in [-0.15, -0.1) is 24.0 Å². The van der Waals surface area contributed by atoms with Crippen LogP contribution in [0.2, 0.25) is 0 Å². The molecule has 0 aliphatic carbocycles. The average Bonchev–Trinajstić information content (AvgIpc) is 0.722. The van der Waals surface area contributed by atoms with Gasteiger partial charge in [0.05, 0.1) is 0 Å². The second kappa shape index (κ2) is 6.17. The molecule has 0 fully saturated rings. The van der Waals surface area contributed by atoms with Crippen molar-refractivity contribution in [2.24, 2.45) is 0 Å². The molecule has 0 aliphatic rings. The van der Waals surface area contributed by atoms with Gasteiger partial charge in [-0.25, -0.2) is 0 Å². The predicted octanol–water partition coefficient (Wildman–Crippen LogP) is -0.892. The van der Waals surface area contributed by atoms with Crippen LogP contribution in [0.4, 0.5) is 0 Å². The number of hydrogen-bond acceptors (Lipinski definition) is 2. The molecule has 0 aliphatic heterocycles. The standard InChI is InChI=1S/Ca.Cr.HI.2H2O.2O.2H/h;;1H;2*1H2;;;;/q2*+2;;;;;;2*-1/p-2. The molecule has 0 amide bonds. The summed E-state index contributed by atoms with van der Waals surface area (Å²) >= 11 is -5.25. The Morgan fingerprint density at radius 2 is 1.29 bits per heavy atom. The van der Waals surface area contributed by atoms with Crippen molar-refractivity contribution in [2.75, 3.05) is 0 Å². The van der Waals surface area contributed by atoms with Crippen LogP contribution in [-0.4, -0.2) is 46.1 Å². The van der Waals surface area contributed by atoms with Crippen molar-refractivity contribution in [3.63, 3.8) is 0 Å². The third kappa shape index (κ3) is 70.4. The van der Waals surface area contributed by atoms with Crippen LogP contribution in [0.15, 0.2) is 0 Å². The maximum absolute atomic E-state index is 8.82. The van der Waals surface area contributed by atoms with Gasteiger partial charge in [0.2, 0.25) is 0 Å². The summed E-state index contributed by atoms with van der Waals surface area (Å²) in [7, 11) is 0. The third-order valence-electron chi connectivity index (χ3n) is 0. The van der Waals surface area contributed by atoms with Crippen LogP contribution < -0.4 is 0 Å². The Bertz CT molecular complexity index is 102. The van der Waals surface area contributed by atoms with Crippen molar-refractivity contribution >= 4 is 61.7 Å². The summed E-state index contributed by atoms with van der Waals surface area (Å²) in [6.07, 6.45) is 0. The fourth-order valence-corrected chi connectivity index (χ4v) is 0. The van der Waals surface area contributed by atoms with Gasteiger partial charge in [0, 0.05) is 0 Å². The van der Waals surface area contributed by atoms with Gasteiger partial charge in [0.25, 0.3) is 0 Å². The van der Waals surface area contributed by atoms with E-state index in [1.54, 1.807) is 0 Å². The number of hydrogen-bond donors (Lipinski definition) is 2. The van der Waals surface area contributed by atoms with E-state index >= 15 is 0 Å². The molecular weight excluding hydrogens is 283 g/mol. The van der Waals surface area contributed by atoms with Gasteiger partial charge in [-0.2, -0.15) is 0 Å². The molecule has 7 heteroatoms. The Balaban J connectivity index is -0.0000000133. The minimum absolute atomic E-state index is 0. The molecular formula is H5CaCrIO4. The maximum atomic E-state index is 8.82. The molecule has 0 aromatic heterocycles. The summed E-state index contributed by atoms with van der Waals surface area (Å²) < 4.78 is 31.9. The SMILES string of the molecule is I.[Ca+2].[H-].[H-].[O]=[Cr](=[O])([OH])[OH]. The van der Waals surface area contributed by atoms with Gasteiger partial charge in [0.15, 0.2) is 0 Å². The molecule has 0 rings (SSSR count). The molecule has 0 spiro atoms. The van der Waals surface area contributed by atoms with Crippen molar-refractivity contribution in [1.82, 2.24) is 0 Å². The van der Waals surface area contributed by atoms with Gasteiger partial charge in [-0.3, -0.25) is 0 Å². The van der Waals surface area contributed by atoms with E-state index in [0.29, 0.717) is 0 Å². The second-order valence-corrected chi connectivity index (χ2v) is 1.85. The summed E-state index contributed by atoms with van der Waals surface area (Å²) in [6, 6.07) is 0. The Morgan fingerprint density at radius 3 is 1.29 bits per heavy atom. The zero-order valence-corrected chi connectivity index (χ0v) is 9.05. The monoisotopic (exact) mass is 288 g/mol. The van der Waals surface area contributed by atoms with E-state index in [9.17, 15) is 0 Å². The van der Waals surface area contributed by atoms with Crippen LogP contribution in [0.25, 0.3) is 0 Å². The number of halogens is 1. The van der Waals surface area contributed by atoms with E-state index in [1.165, 1.54) is 0 Å². The quantitative estimate of drug-likeness (QED) is 0.448. The van der Waals surface area contributed by atoms with Gasteiger partial charge >= 0.3 is 67.3 Å². The van der Waals surface area contributed by atoms with E-state index in [2.05, 4.69) is 0 Å². The van der Waals surface area contributed by atoms with Gasteiger partial charge in [0.1, 0.15) is 0 Å². The van der Waals surface area contributed by atoms with E-state index in [-0.39, 0.29) is 64.6 Å². The van der Waals surface area contributed by atoms with Crippen LogP contribution in [0.1, 0.15) is 2.85 Å². The van der Waals surface area contributed by atoms with Crippen molar-refractivity contribution in [3.05, 3.63) is 0 Å². The first kappa shape index (κ1) is 16.0. The first-order valence-electron chi connectivity index (χ1n) is 0.698. The molecule has 4 nitrogen and oxygen atoms in total. The molecule has 0 atom stereocenters. The third-order valence-corrected chi connectivity index (χ3v) is 0. The van der Waals surface area contributed by atoms with Gasteiger partial charge in [-0.1, -0.05) is 0 Å². The van der Waals surface area contributed by atoms with Crippen LogP contribution in [0, 0.1) is 0 Å². The molecule has 44 valence electrons. The molecule has 2 N–H and O–H groups in total. The molecule has 0 unspecified atom stereocenters. The summed E-state index contributed by atoms with van der Waals surface area (Å²) in [5, 5.41) is 0. The predicted molar refractivity (Wildman–Crippen MR) is 29.2 cm³/mol. The first-order valence-corrected chi connectivity index (χ1v) is 2.88. The molecule has 0 aromatic carbocycles. The summed E-state index contributed by atoms with van der Waals surface area (Å²) in [5.41, 5.74) is 0. The van der Waals surface area contributed by atoms with Crippen molar-refractivity contribution in [2.45, 2.75) is 0 Å². The van der Waals surface area contributed by atoms with E-state index in [1.807, 2.05) is 0 Å². The summed E-state index contributed by atoms with van der Waals surface area (Å²) in [5.74, 6) is 0. The zero-order valence-electron chi connectivity index (χ0n) is 5.23. The van der Waals surface area contributed by atoms with Gasteiger partial charge < -0.3 is 2.85 Å². The molecule has 0 saturated carbocycles. The average molecular weight is 288 g/mol. The van der Waals surface area contributed by atoms with E-state index in [4.69, 9.17) is 15.9 Å². The van der Waals surface area contributed by atoms with Gasteiger partial charge in [-0.05, 0) is 0 Å². The van der Waals surface area contributed by atoms with Crippen LogP contribution in [-0.2, 0) is 21.2 Å². The summed E-state index contributed by atoms with van der Waals surface area (Å²) in [4.78, 5) is 0. The Labute approximate surface area is 92.7 Å². The normalized spacial score (nSPS) is 8.29. The van der Waals surface area contributed by atoms with Crippen molar-refractivity contribution in [1.29, 1.82) is 0 Å². The number of rotatable bonds is 0. The molecule has 0 heterocycles. The zero-order chi connectivity index (χ0) is 4.50. The Hall–Kier alpha value is 2.04. The molecule has 7 heavy (non-hydrogen) atoms. The minimum atomic E-state index is -5.25. The van der Waals surface area contributed by atoms with Crippen LogP contribution in [0.5, 0.6) is 0 Å². The molecule has 0 bridgehead atoms. The fraction of sp³-hybridized carbons (Fsp3) is 0. The molecule has 0 aromatic rings. The first-order chi connectivity index (χ1) is 2.00. The topological polar surface area (TPSA) is 74.6 Å². The van der Waals surface area contributed by atoms with Crippen molar-refractivity contribution < 1.29 is 32.4 Å². The molecule has 0 saturated heterocycles. The van der Waals surface area contributed by atoms with E-state index in [0.717, 1.165) is 0 Å². The second-order valence-electron chi connectivity index (χ2n) is 0.448. The van der Waals surface area contributed by atoms with E-state index < -0.39 is 13.6 Å². The van der Waals surface area contributed by atoms with Crippen LogP contribution in [0.3, 0.4) is 0 Å². The summed E-state index contributed by atoms with van der Waals surface area (Å²) in [6.45, 7) is 0.